The zero-order valence-electron chi connectivity index (χ0n) is 10.3. The maximum Gasteiger partial charge on any atom is 0.270 e. The summed E-state index contributed by atoms with van der Waals surface area (Å²) in [7, 11) is 0. The van der Waals surface area contributed by atoms with Gasteiger partial charge in [-0.3, -0.25) is 14.9 Å². The van der Waals surface area contributed by atoms with Crippen molar-refractivity contribution < 1.29 is 19.9 Å². The molecule has 1 aromatic rings. The molecule has 7 heteroatoms. The molecule has 7 nitrogen and oxygen atoms in total. The summed E-state index contributed by atoms with van der Waals surface area (Å²) in [6, 6.07) is 4.13. The van der Waals surface area contributed by atoms with Crippen molar-refractivity contribution in [3.05, 3.63) is 39.4 Å². The van der Waals surface area contributed by atoms with E-state index in [4.69, 9.17) is 0 Å². The molecule has 1 fully saturated rings. The van der Waals surface area contributed by atoms with Crippen LogP contribution in [0.2, 0.25) is 0 Å². The average molecular weight is 266 g/mol. The Morgan fingerprint density at radius 1 is 1.32 bits per heavy atom. The number of rotatable bonds is 2. The van der Waals surface area contributed by atoms with E-state index in [2.05, 4.69) is 0 Å². The Labute approximate surface area is 109 Å². The van der Waals surface area contributed by atoms with Gasteiger partial charge in [-0.25, -0.2) is 0 Å². The Kier molecular flexibility index (Phi) is 3.50. The highest BCUT2D eigenvalue weighted by Crippen LogP contribution is 2.20. The molecule has 2 N–H and O–H groups in total. The molecule has 19 heavy (non-hydrogen) atoms. The lowest BCUT2D eigenvalue weighted by Gasteiger charge is -2.15. The molecular weight excluding hydrogens is 252 g/mol. The molecule has 1 aromatic carbocycles. The van der Waals surface area contributed by atoms with E-state index in [9.17, 15) is 25.1 Å². The molecule has 102 valence electrons. The second kappa shape index (κ2) is 4.94. The quantitative estimate of drug-likeness (QED) is 0.582. The van der Waals surface area contributed by atoms with E-state index < -0.39 is 23.0 Å². The van der Waals surface area contributed by atoms with E-state index in [0.717, 1.165) is 0 Å². The normalized spacial score (nSPS) is 22.6. The van der Waals surface area contributed by atoms with Crippen LogP contribution in [0.15, 0.2) is 18.2 Å². The minimum atomic E-state index is -0.969. The number of nitrogens with zero attached hydrogens (tertiary/aromatic N) is 2. The minimum absolute atomic E-state index is 0.0295. The van der Waals surface area contributed by atoms with Crippen LogP contribution in [0.5, 0.6) is 0 Å². The van der Waals surface area contributed by atoms with Crippen LogP contribution in [0, 0.1) is 17.0 Å². The Morgan fingerprint density at radius 2 is 1.89 bits per heavy atom. The van der Waals surface area contributed by atoms with Crippen molar-refractivity contribution in [2.24, 2.45) is 0 Å². The van der Waals surface area contributed by atoms with Crippen LogP contribution in [0.3, 0.4) is 0 Å². The first kappa shape index (κ1) is 13.4. The molecule has 0 aromatic heterocycles. The SMILES string of the molecule is Cc1cc(C(=O)N2C[C@@H](O)[C@@H](O)C2)cc([N+](=O)[O-])c1. The molecule has 1 saturated heterocycles. The lowest BCUT2D eigenvalue weighted by molar-refractivity contribution is -0.384. The van der Waals surface area contributed by atoms with Crippen LogP contribution in [0.4, 0.5) is 5.69 Å². The van der Waals surface area contributed by atoms with Gasteiger partial charge in [0.2, 0.25) is 0 Å². The first-order valence-corrected chi connectivity index (χ1v) is 5.80. The highest BCUT2D eigenvalue weighted by atomic mass is 16.6. The molecule has 0 saturated carbocycles. The van der Waals surface area contributed by atoms with Gasteiger partial charge in [0.25, 0.3) is 11.6 Å². The lowest BCUT2D eigenvalue weighted by atomic mass is 10.1. The summed E-state index contributed by atoms with van der Waals surface area (Å²) in [5.74, 6) is -0.428. The third-order valence-electron chi connectivity index (χ3n) is 3.07. The van der Waals surface area contributed by atoms with Crippen LogP contribution < -0.4 is 0 Å². The number of carbonyl (C=O) groups is 1. The third kappa shape index (κ3) is 2.72. The number of hydrogen-bond donors (Lipinski definition) is 2. The Morgan fingerprint density at radius 3 is 2.42 bits per heavy atom. The Bertz CT molecular complexity index is 521. The third-order valence-corrected chi connectivity index (χ3v) is 3.07. The van der Waals surface area contributed by atoms with Gasteiger partial charge in [-0.05, 0) is 18.6 Å². The molecule has 2 rings (SSSR count). The average Bonchev–Trinajstić information content (AvgIpc) is 2.68. The van der Waals surface area contributed by atoms with Gasteiger partial charge in [0.15, 0.2) is 0 Å². The molecule has 1 aliphatic heterocycles. The Balaban J connectivity index is 2.27. The summed E-state index contributed by atoms with van der Waals surface area (Å²) in [6.45, 7) is 1.72. The standard InChI is InChI=1S/C12H14N2O5/c1-7-2-8(4-9(3-7)14(18)19)12(17)13-5-10(15)11(16)6-13/h2-4,10-11,15-16H,5-6H2,1H3/t10-,11+. The first-order valence-electron chi connectivity index (χ1n) is 5.80. The van der Waals surface area contributed by atoms with E-state index >= 15 is 0 Å². The number of non-ortho nitro benzene ring substituents is 1. The van der Waals surface area contributed by atoms with E-state index in [1.807, 2.05) is 0 Å². The molecule has 0 radical (unpaired) electrons. The van der Waals surface area contributed by atoms with Gasteiger partial charge >= 0.3 is 0 Å². The second-order valence-electron chi connectivity index (χ2n) is 4.66. The fourth-order valence-corrected chi connectivity index (χ4v) is 2.11. The van der Waals surface area contributed by atoms with Crippen LogP contribution in [-0.2, 0) is 0 Å². The molecule has 0 spiro atoms. The minimum Gasteiger partial charge on any atom is -0.388 e. The van der Waals surface area contributed by atoms with Crippen molar-refractivity contribution in [3.8, 4) is 0 Å². The summed E-state index contributed by atoms with van der Waals surface area (Å²) in [6.07, 6.45) is -1.94. The van der Waals surface area contributed by atoms with Crippen molar-refractivity contribution in [2.45, 2.75) is 19.1 Å². The fourth-order valence-electron chi connectivity index (χ4n) is 2.11. The number of aryl methyl sites for hydroxylation is 1. The number of aliphatic hydroxyl groups excluding tert-OH is 2. The van der Waals surface area contributed by atoms with Gasteiger partial charge in [0.05, 0.1) is 17.1 Å². The lowest BCUT2D eigenvalue weighted by Crippen LogP contribution is -2.29. The number of carbonyl (C=O) groups excluding carboxylic acids is 1. The van der Waals surface area contributed by atoms with Crippen LogP contribution in [0.1, 0.15) is 15.9 Å². The first-order chi connectivity index (χ1) is 8.88. The topological polar surface area (TPSA) is 104 Å². The van der Waals surface area contributed by atoms with Gasteiger partial charge in [-0.2, -0.15) is 0 Å². The molecule has 1 heterocycles. The maximum atomic E-state index is 12.1. The number of nitro benzene ring substituents is 1. The van der Waals surface area contributed by atoms with Crippen LogP contribution in [0.25, 0.3) is 0 Å². The summed E-state index contributed by atoms with van der Waals surface area (Å²) in [5, 5.41) is 29.6. The van der Waals surface area contributed by atoms with Gasteiger partial charge in [0, 0.05) is 30.8 Å². The number of hydrogen-bond acceptors (Lipinski definition) is 5. The number of benzene rings is 1. The van der Waals surface area contributed by atoms with Crippen molar-refractivity contribution in [2.75, 3.05) is 13.1 Å². The molecule has 1 amide bonds. The number of nitro groups is 1. The van der Waals surface area contributed by atoms with Crippen molar-refractivity contribution in [1.82, 2.24) is 4.90 Å². The van der Waals surface area contributed by atoms with E-state index in [-0.39, 0.29) is 24.3 Å². The van der Waals surface area contributed by atoms with Crippen LogP contribution in [-0.4, -0.2) is 51.2 Å². The van der Waals surface area contributed by atoms with Gasteiger partial charge in [-0.1, -0.05) is 0 Å². The zero-order valence-corrected chi connectivity index (χ0v) is 10.3. The molecular formula is C12H14N2O5. The summed E-state index contributed by atoms with van der Waals surface area (Å²) < 4.78 is 0. The van der Waals surface area contributed by atoms with Crippen molar-refractivity contribution >= 4 is 11.6 Å². The number of amides is 1. The molecule has 2 atom stereocenters. The highest BCUT2D eigenvalue weighted by molar-refractivity contribution is 5.95. The Hall–Kier alpha value is -1.99. The highest BCUT2D eigenvalue weighted by Gasteiger charge is 2.33. The predicted molar refractivity (Wildman–Crippen MR) is 65.8 cm³/mol. The van der Waals surface area contributed by atoms with E-state index in [1.54, 1.807) is 13.0 Å². The molecule has 0 bridgehead atoms. The van der Waals surface area contributed by atoms with Crippen molar-refractivity contribution in [3.63, 3.8) is 0 Å². The van der Waals surface area contributed by atoms with Gasteiger partial charge in [0.1, 0.15) is 0 Å². The van der Waals surface area contributed by atoms with Gasteiger partial charge in [-0.15, -0.1) is 0 Å². The molecule has 1 aliphatic rings. The fraction of sp³-hybridized carbons (Fsp3) is 0.417. The number of β-amino-alcohol motifs (C(OH)–C–C–N with tert-alkyl or cyclic N) is 2. The second-order valence-corrected chi connectivity index (χ2v) is 4.66. The van der Waals surface area contributed by atoms with Crippen molar-refractivity contribution in [1.29, 1.82) is 0 Å². The summed E-state index contributed by atoms with van der Waals surface area (Å²) in [5.41, 5.74) is 0.648. The molecule has 0 unspecified atom stereocenters. The zero-order chi connectivity index (χ0) is 14.2. The van der Waals surface area contributed by atoms with Gasteiger partial charge < -0.3 is 15.1 Å². The predicted octanol–water partition coefficient (Wildman–Crippen LogP) is 0.0808. The molecule has 0 aliphatic carbocycles. The largest absolute Gasteiger partial charge is 0.388 e. The summed E-state index contributed by atoms with van der Waals surface area (Å²) in [4.78, 5) is 23.6. The van der Waals surface area contributed by atoms with E-state index in [1.165, 1.54) is 17.0 Å². The number of likely N-dealkylation sites (tertiary alicyclic amines) is 1. The van der Waals surface area contributed by atoms with E-state index in [0.29, 0.717) is 5.56 Å². The monoisotopic (exact) mass is 266 g/mol. The summed E-state index contributed by atoms with van der Waals surface area (Å²) >= 11 is 0. The van der Waals surface area contributed by atoms with Crippen LogP contribution >= 0.6 is 0 Å². The number of aliphatic hydroxyl groups is 2. The maximum absolute atomic E-state index is 12.1. The smallest absolute Gasteiger partial charge is 0.270 e.